The average molecular weight is 268 g/mol. The molecule has 0 saturated heterocycles. The topological polar surface area (TPSA) is 18.5 Å². The molecule has 0 N–H and O–H groups in total. The van der Waals surface area contributed by atoms with E-state index in [1.54, 1.807) is 14.2 Å². The van der Waals surface area contributed by atoms with Crippen molar-refractivity contribution in [1.29, 1.82) is 0 Å². The third-order valence-electron chi connectivity index (χ3n) is 3.45. The molecule has 0 saturated carbocycles. The molecule has 20 heavy (non-hydrogen) atoms. The van der Waals surface area contributed by atoms with Gasteiger partial charge in [-0.15, -0.1) is 0 Å². The number of methoxy groups -OCH3 is 2. The van der Waals surface area contributed by atoms with Crippen molar-refractivity contribution in [2.75, 3.05) is 14.2 Å². The first-order valence-corrected chi connectivity index (χ1v) is 6.71. The molecular weight excluding hydrogens is 248 g/mol. The molecule has 104 valence electrons. The highest BCUT2D eigenvalue weighted by molar-refractivity contribution is 5.77. The maximum Gasteiger partial charge on any atom is 0.126 e. The van der Waals surface area contributed by atoms with Crippen LogP contribution in [0.15, 0.2) is 43.0 Å². The van der Waals surface area contributed by atoms with Crippen LogP contribution in [0.2, 0.25) is 0 Å². The summed E-state index contributed by atoms with van der Waals surface area (Å²) in [6, 6.07) is 12.3. The second-order valence-corrected chi connectivity index (χ2v) is 4.50. The minimum absolute atomic E-state index is 0.862. The van der Waals surface area contributed by atoms with Gasteiger partial charge in [0.2, 0.25) is 0 Å². The highest BCUT2D eigenvalue weighted by atomic mass is 16.5. The lowest BCUT2D eigenvalue weighted by Crippen LogP contribution is -1.97. The number of hydrogen-bond donors (Lipinski definition) is 0. The lowest BCUT2D eigenvalue weighted by molar-refractivity contribution is 0.386. The number of rotatable bonds is 5. The Hall–Kier alpha value is -2.22. The SMILES string of the molecule is C=Cc1ccccc1-c1cc(OC)c(CC)c(OC)c1. The van der Waals surface area contributed by atoms with Gasteiger partial charge < -0.3 is 9.47 Å². The number of benzene rings is 2. The van der Waals surface area contributed by atoms with Crippen LogP contribution >= 0.6 is 0 Å². The third-order valence-corrected chi connectivity index (χ3v) is 3.45. The number of ether oxygens (including phenoxy) is 2. The molecule has 0 fully saturated rings. The summed E-state index contributed by atoms with van der Waals surface area (Å²) in [5.41, 5.74) is 4.39. The van der Waals surface area contributed by atoms with E-state index in [9.17, 15) is 0 Å². The van der Waals surface area contributed by atoms with E-state index >= 15 is 0 Å². The van der Waals surface area contributed by atoms with E-state index in [0.29, 0.717) is 0 Å². The van der Waals surface area contributed by atoms with Crippen LogP contribution in [0.5, 0.6) is 11.5 Å². The maximum atomic E-state index is 5.51. The van der Waals surface area contributed by atoms with Crippen LogP contribution < -0.4 is 9.47 Å². The summed E-state index contributed by atoms with van der Waals surface area (Å²) in [4.78, 5) is 0. The molecule has 0 aliphatic rings. The third kappa shape index (κ3) is 2.55. The van der Waals surface area contributed by atoms with Crippen LogP contribution in [-0.2, 0) is 6.42 Å². The Bertz CT molecular complexity index is 590. The molecule has 2 rings (SSSR count). The van der Waals surface area contributed by atoms with E-state index in [4.69, 9.17) is 9.47 Å². The largest absolute Gasteiger partial charge is 0.496 e. The molecule has 2 aromatic carbocycles. The fraction of sp³-hybridized carbons (Fsp3) is 0.222. The maximum absolute atomic E-state index is 5.51. The van der Waals surface area contributed by atoms with Crippen molar-refractivity contribution in [3.05, 3.63) is 54.1 Å². The summed E-state index contributed by atoms with van der Waals surface area (Å²) in [5.74, 6) is 1.72. The Morgan fingerprint density at radius 1 is 1.05 bits per heavy atom. The summed E-state index contributed by atoms with van der Waals surface area (Å²) in [7, 11) is 3.38. The average Bonchev–Trinajstić information content (AvgIpc) is 2.53. The molecule has 0 amide bonds. The first kappa shape index (κ1) is 14.2. The van der Waals surface area contributed by atoms with Gasteiger partial charge in [0, 0.05) is 5.56 Å². The molecule has 2 heteroatoms. The van der Waals surface area contributed by atoms with E-state index in [0.717, 1.165) is 40.2 Å². The van der Waals surface area contributed by atoms with Crippen molar-refractivity contribution in [3.63, 3.8) is 0 Å². The van der Waals surface area contributed by atoms with Gasteiger partial charge >= 0.3 is 0 Å². The molecule has 0 aliphatic carbocycles. The molecule has 0 aliphatic heterocycles. The van der Waals surface area contributed by atoms with Crippen LogP contribution in [0.25, 0.3) is 17.2 Å². The molecule has 0 radical (unpaired) electrons. The van der Waals surface area contributed by atoms with Crippen LogP contribution in [0.1, 0.15) is 18.1 Å². The zero-order valence-corrected chi connectivity index (χ0v) is 12.3. The fourth-order valence-electron chi connectivity index (χ4n) is 2.43. The van der Waals surface area contributed by atoms with E-state index in [2.05, 4.69) is 37.8 Å². The van der Waals surface area contributed by atoms with Crippen molar-refractivity contribution in [3.8, 4) is 22.6 Å². The first-order chi connectivity index (χ1) is 9.74. The summed E-state index contributed by atoms with van der Waals surface area (Å²) in [6.07, 6.45) is 2.73. The Labute approximate surface area is 120 Å². The predicted octanol–water partition coefficient (Wildman–Crippen LogP) is 4.58. The van der Waals surface area contributed by atoms with E-state index < -0.39 is 0 Å². The van der Waals surface area contributed by atoms with Crippen LogP contribution in [0, 0.1) is 0 Å². The van der Waals surface area contributed by atoms with Crippen LogP contribution in [0.3, 0.4) is 0 Å². The zero-order chi connectivity index (χ0) is 14.5. The van der Waals surface area contributed by atoms with Crippen LogP contribution in [-0.4, -0.2) is 14.2 Å². The summed E-state index contributed by atoms with van der Waals surface area (Å²) < 4.78 is 11.0. The van der Waals surface area contributed by atoms with Gasteiger partial charge in [-0.25, -0.2) is 0 Å². The summed E-state index contributed by atoms with van der Waals surface area (Å²) >= 11 is 0. The Morgan fingerprint density at radius 2 is 1.65 bits per heavy atom. The monoisotopic (exact) mass is 268 g/mol. The van der Waals surface area contributed by atoms with Crippen molar-refractivity contribution < 1.29 is 9.47 Å². The standard InChI is InChI=1S/C18H20O2/c1-5-13-9-7-8-10-16(13)14-11-17(19-3)15(6-2)18(12-14)20-4/h5,7-12H,1,6H2,2-4H3. The lowest BCUT2D eigenvalue weighted by Gasteiger charge is -2.15. The van der Waals surface area contributed by atoms with Crippen molar-refractivity contribution in [2.45, 2.75) is 13.3 Å². The van der Waals surface area contributed by atoms with Gasteiger partial charge in [-0.3, -0.25) is 0 Å². The summed E-state index contributed by atoms with van der Waals surface area (Å²) in [6.45, 7) is 5.97. The van der Waals surface area contributed by atoms with E-state index in [-0.39, 0.29) is 0 Å². The van der Waals surface area contributed by atoms with Crippen molar-refractivity contribution >= 4 is 6.08 Å². The molecule has 0 aromatic heterocycles. The number of hydrogen-bond acceptors (Lipinski definition) is 2. The quantitative estimate of drug-likeness (QED) is 0.790. The van der Waals surface area contributed by atoms with Gasteiger partial charge in [0.05, 0.1) is 14.2 Å². The molecular formula is C18H20O2. The van der Waals surface area contributed by atoms with Gasteiger partial charge in [-0.2, -0.15) is 0 Å². The van der Waals surface area contributed by atoms with Crippen molar-refractivity contribution in [1.82, 2.24) is 0 Å². The Morgan fingerprint density at radius 3 is 2.15 bits per heavy atom. The van der Waals surface area contributed by atoms with E-state index in [1.165, 1.54) is 0 Å². The van der Waals surface area contributed by atoms with Crippen LogP contribution in [0.4, 0.5) is 0 Å². The lowest BCUT2D eigenvalue weighted by atomic mass is 9.97. The van der Waals surface area contributed by atoms with Gasteiger partial charge in [-0.1, -0.05) is 43.8 Å². The van der Waals surface area contributed by atoms with E-state index in [1.807, 2.05) is 18.2 Å². The molecule has 0 atom stereocenters. The molecule has 2 nitrogen and oxygen atoms in total. The minimum atomic E-state index is 0.862. The van der Waals surface area contributed by atoms with Gasteiger partial charge in [0.15, 0.2) is 0 Å². The predicted molar refractivity (Wildman–Crippen MR) is 84.5 cm³/mol. The first-order valence-electron chi connectivity index (χ1n) is 6.71. The minimum Gasteiger partial charge on any atom is -0.496 e. The Kier molecular flexibility index (Phi) is 4.46. The van der Waals surface area contributed by atoms with Gasteiger partial charge in [-0.05, 0) is 35.2 Å². The highest BCUT2D eigenvalue weighted by Crippen LogP contribution is 2.36. The van der Waals surface area contributed by atoms with Gasteiger partial charge in [0.1, 0.15) is 11.5 Å². The molecule has 0 bridgehead atoms. The molecule has 0 unspecified atom stereocenters. The molecule has 0 spiro atoms. The highest BCUT2D eigenvalue weighted by Gasteiger charge is 2.13. The van der Waals surface area contributed by atoms with Gasteiger partial charge in [0.25, 0.3) is 0 Å². The fourth-order valence-corrected chi connectivity index (χ4v) is 2.43. The van der Waals surface area contributed by atoms with Crippen molar-refractivity contribution in [2.24, 2.45) is 0 Å². The normalized spacial score (nSPS) is 10.2. The second kappa shape index (κ2) is 6.29. The Balaban J connectivity index is 2.66. The smallest absolute Gasteiger partial charge is 0.126 e. The zero-order valence-electron chi connectivity index (χ0n) is 12.3. The summed E-state index contributed by atoms with van der Waals surface area (Å²) in [5, 5.41) is 0. The molecule has 0 heterocycles. The molecule has 2 aromatic rings. The second-order valence-electron chi connectivity index (χ2n) is 4.50.